The van der Waals surface area contributed by atoms with Crippen molar-refractivity contribution < 1.29 is 4.74 Å². The van der Waals surface area contributed by atoms with E-state index in [4.69, 9.17) is 4.74 Å². The molecule has 3 unspecified atom stereocenters. The Morgan fingerprint density at radius 1 is 1.43 bits per heavy atom. The molecule has 0 radical (unpaired) electrons. The summed E-state index contributed by atoms with van der Waals surface area (Å²) in [7, 11) is 1.70. The summed E-state index contributed by atoms with van der Waals surface area (Å²) in [4.78, 5) is 8.67. The van der Waals surface area contributed by atoms with Crippen molar-refractivity contribution in [2.24, 2.45) is 16.8 Å². The van der Waals surface area contributed by atoms with E-state index in [0.717, 1.165) is 28.9 Å². The van der Waals surface area contributed by atoms with Crippen molar-refractivity contribution in [1.29, 1.82) is 0 Å². The minimum absolute atomic E-state index is 0.376. The van der Waals surface area contributed by atoms with Crippen molar-refractivity contribution in [3.63, 3.8) is 0 Å². The molecule has 0 saturated heterocycles. The minimum Gasteiger partial charge on any atom is -0.497 e. The molecule has 4 heteroatoms. The van der Waals surface area contributed by atoms with Gasteiger partial charge in [-0.1, -0.05) is 12.5 Å². The SMILES string of the molecule is C=NCC1CCCC1C(C)Nc1cc(OC)cc2cccnc12. The normalized spacial score (nSPS) is 22.0. The number of hydrogen-bond acceptors (Lipinski definition) is 4. The third-order valence-corrected chi connectivity index (χ3v) is 5.02. The first-order valence-electron chi connectivity index (χ1n) is 8.34. The number of pyridine rings is 1. The lowest BCUT2D eigenvalue weighted by molar-refractivity contribution is 0.360. The molecule has 122 valence electrons. The molecule has 1 aromatic heterocycles. The Balaban J connectivity index is 1.86. The number of nitrogens with zero attached hydrogens (tertiary/aromatic N) is 2. The van der Waals surface area contributed by atoms with Crippen LogP contribution in [0.1, 0.15) is 26.2 Å². The van der Waals surface area contributed by atoms with Crippen molar-refractivity contribution >= 4 is 23.3 Å². The van der Waals surface area contributed by atoms with Crippen LogP contribution in [0.3, 0.4) is 0 Å². The Morgan fingerprint density at radius 2 is 2.30 bits per heavy atom. The predicted molar refractivity (Wildman–Crippen MR) is 96.6 cm³/mol. The molecule has 0 bridgehead atoms. The van der Waals surface area contributed by atoms with Gasteiger partial charge < -0.3 is 15.0 Å². The predicted octanol–water partition coefficient (Wildman–Crippen LogP) is 4.16. The van der Waals surface area contributed by atoms with Gasteiger partial charge in [-0.25, -0.2) is 0 Å². The summed E-state index contributed by atoms with van der Waals surface area (Å²) in [6, 6.07) is 8.47. The van der Waals surface area contributed by atoms with Gasteiger partial charge in [-0.15, -0.1) is 0 Å². The van der Waals surface area contributed by atoms with Crippen LogP contribution in [-0.2, 0) is 0 Å². The number of benzene rings is 1. The first-order valence-corrected chi connectivity index (χ1v) is 8.34. The minimum atomic E-state index is 0.376. The van der Waals surface area contributed by atoms with Gasteiger partial charge in [-0.2, -0.15) is 0 Å². The molecule has 1 saturated carbocycles. The molecular weight excluding hydrogens is 286 g/mol. The molecule has 4 nitrogen and oxygen atoms in total. The second-order valence-corrected chi connectivity index (χ2v) is 6.44. The molecule has 1 aliphatic rings. The van der Waals surface area contributed by atoms with Gasteiger partial charge in [-0.05, 0) is 50.5 Å². The molecule has 3 atom stereocenters. The highest BCUT2D eigenvalue weighted by molar-refractivity contribution is 5.91. The number of nitrogens with one attached hydrogen (secondary N) is 1. The Morgan fingerprint density at radius 3 is 3.09 bits per heavy atom. The molecule has 1 heterocycles. The van der Waals surface area contributed by atoms with Crippen LogP contribution in [0, 0.1) is 11.8 Å². The van der Waals surface area contributed by atoms with Gasteiger partial charge >= 0.3 is 0 Å². The van der Waals surface area contributed by atoms with Crippen molar-refractivity contribution in [2.45, 2.75) is 32.2 Å². The fourth-order valence-corrected chi connectivity index (χ4v) is 3.86. The molecule has 1 N–H and O–H groups in total. The van der Waals surface area contributed by atoms with E-state index in [1.54, 1.807) is 7.11 Å². The molecule has 23 heavy (non-hydrogen) atoms. The highest BCUT2D eigenvalue weighted by atomic mass is 16.5. The number of rotatable bonds is 6. The monoisotopic (exact) mass is 311 g/mol. The summed E-state index contributed by atoms with van der Waals surface area (Å²) in [6.07, 6.45) is 5.63. The maximum atomic E-state index is 5.44. The second-order valence-electron chi connectivity index (χ2n) is 6.44. The number of anilines is 1. The van der Waals surface area contributed by atoms with E-state index in [9.17, 15) is 0 Å². The average Bonchev–Trinajstić information content (AvgIpc) is 3.03. The van der Waals surface area contributed by atoms with Gasteiger partial charge in [-0.3, -0.25) is 4.98 Å². The van der Waals surface area contributed by atoms with Gasteiger partial charge in [0.25, 0.3) is 0 Å². The summed E-state index contributed by atoms with van der Waals surface area (Å²) < 4.78 is 5.44. The number of aromatic nitrogens is 1. The summed E-state index contributed by atoms with van der Waals surface area (Å²) in [6.45, 7) is 6.80. The zero-order chi connectivity index (χ0) is 16.2. The van der Waals surface area contributed by atoms with Crippen molar-refractivity contribution in [3.05, 3.63) is 30.5 Å². The van der Waals surface area contributed by atoms with Crippen molar-refractivity contribution in [3.8, 4) is 5.75 Å². The first kappa shape index (κ1) is 15.8. The lowest BCUT2D eigenvalue weighted by atomic mass is 9.89. The molecule has 1 fully saturated rings. The van der Waals surface area contributed by atoms with E-state index in [1.807, 2.05) is 24.4 Å². The van der Waals surface area contributed by atoms with E-state index in [1.165, 1.54) is 19.3 Å². The first-order chi connectivity index (χ1) is 11.2. The maximum absolute atomic E-state index is 5.44. The molecule has 0 amide bonds. The average molecular weight is 311 g/mol. The number of hydrogen-bond donors (Lipinski definition) is 1. The molecule has 1 aromatic carbocycles. The van der Waals surface area contributed by atoms with Gasteiger partial charge in [0, 0.05) is 30.2 Å². The highest BCUT2D eigenvalue weighted by Crippen LogP contribution is 2.36. The third-order valence-electron chi connectivity index (χ3n) is 5.02. The lowest BCUT2D eigenvalue weighted by Crippen LogP contribution is -2.30. The number of fused-ring (bicyclic) bond motifs is 1. The lowest BCUT2D eigenvalue weighted by Gasteiger charge is -2.27. The molecule has 0 aliphatic heterocycles. The number of aliphatic imine (C=N–C) groups is 1. The Kier molecular flexibility index (Phi) is 4.79. The summed E-state index contributed by atoms with van der Waals surface area (Å²) in [5.41, 5.74) is 2.04. The van der Waals surface area contributed by atoms with Crippen LogP contribution in [0.15, 0.2) is 35.5 Å². The topological polar surface area (TPSA) is 46.5 Å². The van der Waals surface area contributed by atoms with Gasteiger partial charge in [0.05, 0.1) is 18.3 Å². The van der Waals surface area contributed by atoms with E-state index >= 15 is 0 Å². The van der Waals surface area contributed by atoms with Gasteiger partial charge in [0.1, 0.15) is 5.75 Å². The number of methoxy groups -OCH3 is 1. The van der Waals surface area contributed by atoms with Crippen LogP contribution < -0.4 is 10.1 Å². The Bertz CT molecular complexity index is 685. The fraction of sp³-hybridized carbons (Fsp3) is 0.474. The highest BCUT2D eigenvalue weighted by Gasteiger charge is 2.31. The summed E-state index contributed by atoms with van der Waals surface area (Å²) >= 11 is 0. The molecule has 3 rings (SSSR count). The van der Waals surface area contributed by atoms with Crippen molar-refractivity contribution in [2.75, 3.05) is 19.0 Å². The largest absolute Gasteiger partial charge is 0.497 e. The van der Waals surface area contributed by atoms with E-state index in [2.05, 4.69) is 35.0 Å². The Hall–Kier alpha value is -2.10. The smallest absolute Gasteiger partial charge is 0.121 e. The Labute approximate surface area is 138 Å². The van der Waals surface area contributed by atoms with Crippen LogP contribution in [0.25, 0.3) is 10.9 Å². The van der Waals surface area contributed by atoms with Crippen LogP contribution in [0.2, 0.25) is 0 Å². The zero-order valence-electron chi connectivity index (χ0n) is 14.0. The standard InChI is InChI=1S/C19H25N3O/c1-13(17-8-4-6-15(17)12-20-2)22-18-11-16(23-3)10-14-7-5-9-21-19(14)18/h5,7,9-11,13,15,17,22H,2,4,6,8,12H2,1,3H3. The fourth-order valence-electron chi connectivity index (χ4n) is 3.86. The number of ether oxygens (including phenoxy) is 1. The zero-order valence-corrected chi connectivity index (χ0v) is 14.0. The van der Waals surface area contributed by atoms with Gasteiger partial charge in [0.15, 0.2) is 0 Å². The third kappa shape index (κ3) is 3.31. The summed E-state index contributed by atoms with van der Waals surface area (Å²) in [5.74, 6) is 2.13. The van der Waals surface area contributed by atoms with Gasteiger partial charge in [0.2, 0.25) is 0 Å². The van der Waals surface area contributed by atoms with Crippen LogP contribution in [0.4, 0.5) is 5.69 Å². The maximum Gasteiger partial charge on any atom is 0.121 e. The van der Waals surface area contributed by atoms with E-state index in [0.29, 0.717) is 17.9 Å². The van der Waals surface area contributed by atoms with E-state index < -0.39 is 0 Å². The van der Waals surface area contributed by atoms with Crippen LogP contribution in [0.5, 0.6) is 5.75 Å². The summed E-state index contributed by atoms with van der Waals surface area (Å²) in [5, 5.41) is 4.78. The molecule has 1 aliphatic carbocycles. The van der Waals surface area contributed by atoms with Crippen LogP contribution in [-0.4, -0.2) is 31.4 Å². The second kappa shape index (κ2) is 6.99. The quantitative estimate of drug-likeness (QED) is 0.815. The molecule has 2 aromatic rings. The molecule has 0 spiro atoms. The van der Waals surface area contributed by atoms with Crippen molar-refractivity contribution in [1.82, 2.24) is 4.98 Å². The van der Waals surface area contributed by atoms with E-state index in [-0.39, 0.29) is 0 Å². The molecular formula is C19H25N3O. The van der Waals surface area contributed by atoms with Crippen LogP contribution >= 0.6 is 0 Å².